The first-order valence-corrected chi connectivity index (χ1v) is 23.3. The molecule has 0 N–H and O–H groups in total. The Kier molecular flexibility index (Phi) is 6.36. The monoisotopic (exact) mass is 500 g/mol. The van der Waals surface area contributed by atoms with Crippen molar-refractivity contribution >= 4 is 34.6 Å². The fourth-order valence-electron chi connectivity index (χ4n) is 6.94. The molecule has 1 saturated heterocycles. The van der Waals surface area contributed by atoms with E-state index in [9.17, 15) is 0 Å². The van der Waals surface area contributed by atoms with Gasteiger partial charge in [-0.3, -0.25) is 0 Å². The predicted octanol–water partition coefficient (Wildman–Crippen LogP) is 8.27. The zero-order valence-corrected chi connectivity index (χ0v) is 25.4. The summed E-state index contributed by atoms with van der Waals surface area (Å²) in [6, 6.07) is 18.4. The normalized spacial score (nSPS) is 20.5. The highest BCUT2D eigenvalue weighted by molar-refractivity contribution is 6.90. The third-order valence-corrected chi connectivity index (χ3v) is 18.9. The highest BCUT2D eigenvalue weighted by Crippen LogP contribution is 2.55. The Labute approximate surface area is 211 Å². The smallest absolute Gasteiger partial charge is 0.0809 e. The predicted molar refractivity (Wildman–Crippen MR) is 160 cm³/mol. The van der Waals surface area contributed by atoms with E-state index in [1.54, 1.807) is 32.6 Å². The quantitative estimate of drug-likeness (QED) is 0.371. The molecule has 5 rings (SSSR count). The van der Waals surface area contributed by atoms with Crippen LogP contribution in [0, 0.1) is 0 Å². The van der Waals surface area contributed by atoms with Crippen LogP contribution in [-0.2, 0) is 0 Å². The summed E-state index contributed by atoms with van der Waals surface area (Å²) in [4.78, 5) is 0. The van der Waals surface area contributed by atoms with E-state index in [2.05, 4.69) is 93.9 Å². The van der Waals surface area contributed by atoms with E-state index < -0.39 is 24.2 Å². The number of benzene rings is 2. The van der Waals surface area contributed by atoms with Crippen molar-refractivity contribution in [1.82, 2.24) is 0 Å². The lowest BCUT2D eigenvalue weighted by atomic mass is 10.1. The van der Waals surface area contributed by atoms with Gasteiger partial charge < -0.3 is 0 Å². The summed E-state index contributed by atoms with van der Waals surface area (Å²) in [5, 5.41) is 5.14. The number of rotatable bonds is 4. The van der Waals surface area contributed by atoms with Crippen LogP contribution in [0.15, 0.2) is 59.8 Å². The maximum absolute atomic E-state index is 2.71. The molecule has 0 amide bonds. The van der Waals surface area contributed by atoms with Crippen LogP contribution in [-0.4, -0.2) is 24.2 Å². The van der Waals surface area contributed by atoms with Gasteiger partial charge in [0.05, 0.1) is 24.2 Å². The molecule has 1 heterocycles. The molecule has 3 heteroatoms. The van der Waals surface area contributed by atoms with Gasteiger partial charge >= 0.3 is 0 Å². The largest absolute Gasteiger partial charge is 0.0940 e. The van der Waals surface area contributed by atoms with Crippen LogP contribution >= 0.6 is 0 Å². The molecule has 1 fully saturated rings. The van der Waals surface area contributed by atoms with E-state index in [1.807, 2.05) is 5.20 Å². The van der Waals surface area contributed by atoms with Crippen molar-refractivity contribution in [3.63, 3.8) is 0 Å². The molecule has 0 radical (unpaired) electrons. The third-order valence-electron chi connectivity index (χ3n) is 8.96. The molecule has 0 aromatic heterocycles. The standard InChI is InChI=1S/C31H44Si3/c1-32(2,3)25-16-18-27-28-19-17-26(33(4,5)6)23-30(28)31(29(27)22-25)34(24-14-10-11-15-24)20-12-8-7-9-13-21-34/h10-11,14,16-19,22-23,31H,7-9,12-13,15,20-21H2,1-6H3. The molecule has 2 aliphatic carbocycles. The Morgan fingerprint density at radius 3 is 1.62 bits per heavy atom. The highest BCUT2D eigenvalue weighted by Gasteiger charge is 2.49. The maximum atomic E-state index is 2.71. The molecular weight excluding hydrogens is 457 g/mol. The van der Waals surface area contributed by atoms with Gasteiger partial charge in [-0.05, 0) is 28.7 Å². The molecule has 0 atom stereocenters. The van der Waals surface area contributed by atoms with Gasteiger partial charge in [0.2, 0.25) is 0 Å². The summed E-state index contributed by atoms with van der Waals surface area (Å²) in [7, 11) is -4.49. The Hall–Kier alpha value is -1.43. The second kappa shape index (κ2) is 8.90. The minimum absolute atomic E-state index is 0.648. The molecule has 34 heavy (non-hydrogen) atoms. The Morgan fingerprint density at radius 1 is 0.676 bits per heavy atom. The SMILES string of the molecule is C[Si](C)(C)c1ccc2c(c1)C([Si]1(C3=CC=CC3)CCCCCCC1)c1cc([Si](C)(C)C)ccc1-2. The van der Waals surface area contributed by atoms with E-state index >= 15 is 0 Å². The fraction of sp³-hybridized carbons (Fsp3) is 0.484. The van der Waals surface area contributed by atoms with Crippen LogP contribution < -0.4 is 10.4 Å². The van der Waals surface area contributed by atoms with Crippen LogP contribution in [0.4, 0.5) is 0 Å². The van der Waals surface area contributed by atoms with Gasteiger partial charge in [-0.2, -0.15) is 0 Å². The van der Waals surface area contributed by atoms with Crippen molar-refractivity contribution in [3.8, 4) is 11.1 Å². The molecule has 0 unspecified atom stereocenters. The first-order chi connectivity index (χ1) is 16.1. The lowest BCUT2D eigenvalue weighted by molar-refractivity contribution is 0.625. The molecule has 0 bridgehead atoms. The van der Waals surface area contributed by atoms with Crippen LogP contribution in [0.5, 0.6) is 0 Å². The molecule has 3 aliphatic rings. The first kappa shape index (κ1) is 24.3. The van der Waals surface area contributed by atoms with Crippen LogP contribution in [0.2, 0.25) is 51.4 Å². The summed E-state index contributed by atoms with van der Waals surface area (Å²) in [6.45, 7) is 15.1. The van der Waals surface area contributed by atoms with Crippen molar-refractivity contribution in [1.29, 1.82) is 0 Å². The van der Waals surface area contributed by atoms with Crippen LogP contribution in [0.3, 0.4) is 0 Å². The zero-order chi connectivity index (χ0) is 24.1. The van der Waals surface area contributed by atoms with Crippen molar-refractivity contribution in [3.05, 3.63) is 70.9 Å². The molecular formula is C31H44Si3. The molecule has 0 saturated carbocycles. The van der Waals surface area contributed by atoms with E-state index in [0.29, 0.717) is 5.54 Å². The lowest BCUT2D eigenvalue weighted by Crippen LogP contribution is -2.46. The molecule has 2 aromatic carbocycles. The van der Waals surface area contributed by atoms with Gasteiger partial charge in [-0.1, -0.05) is 154 Å². The van der Waals surface area contributed by atoms with Crippen molar-refractivity contribution in [2.45, 2.75) is 95.4 Å². The minimum Gasteiger partial charge on any atom is -0.0809 e. The lowest BCUT2D eigenvalue weighted by Gasteiger charge is -2.42. The van der Waals surface area contributed by atoms with E-state index in [0.717, 1.165) is 0 Å². The van der Waals surface area contributed by atoms with Gasteiger partial charge in [0.1, 0.15) is 0 Å². The third kappa shape index (κ3) is 4.22. The number of hydrogen-bond donors (Lipinski definition) is 0. The first-order valence-electron chi connectivity index (χ1n) is 13.8. The Balaban J connectivity index is 1.77. The van der Waals surface area contributed by atoms with Gasteiger partial charge in [0.15, 0.2) is 0 Å². The van der Waals surface area contributed by atoms with Crippen molar-refractivity contribution in [2.75, 3.05) is 0 Å². The number of allylic oxidation sites excluding steroid dienone is 4. The van der Waals surface area contributed by atoms with Crippen LogP contribution in [0.25, 0.3) is 11.1 Å². The van der Waals surface area contributed by atoms with Crippen molar-refractivity contribution in [2.24, 2.45) is 0 Å². The van der Waals surface area contributed by atoms with E-state index in [4.69, 9.17) is 0 Å². The molecule has 1 aliphatic heterocycles. The van der Waals surface area contributed by atoms with Gasteiger partial charge in [-0.25, -0.2) is 0 Å². The topological polar surface area (TPSA) is 0 Å². The second-order valence-electron chi connectivity index (χ2n) is 13.3. The molecule has 2 aromatic rings. The average Bonchev–Trinajstić information content (AvgIpc) is 3.39. The summed E-state index contributed by atoms with van der Waals surface area (Å²) < 4.78 is 0. The van der Waals surface area contributed by atoms with Gasteiger partial charge in [-0.15, -0.1) is 0 Å². The van der Waals surface area contributed by atoms with E-state index in [-0.39, 0.29) is 0 Å². The van der Waals surface area contributed by atoms with Gasteiger partial charge in [0, 0.05) is 5.54 Å². The minimum atomic E-state index is -1.74. The average molecular weight is 501 g/mol. The Bertz CT molecular complexity index is 1070. The summed E-state index contributed by atoms with van der Waals surface area (Å²) >= 11 is 0. The maximum Gasteiger partial charge on any atom is 0.0940 e. The molecule has 180 valence electrons. The number of fused-ring (bicyclic) bond motifs is 3. The van der Waals surface area contributed by atoms with Gasteiger partial charge in [0.25, 0.3) is 0 Å². The fourth-order valence-corrected chi connectivity index (χ4v) is 15.5. The summed E-state index contributed by atoms with van der Waals surface area (Å²) in [6.07, 6.45) is 15.8. The zero-order valence-electron chi connectivity index (χ0n) is 22.4. The highest BCUT2D eigenvalue weighted by atomic mass is 28.3. The molecule has 0 spiro atoms. The number of hydrogen-bond acceptors (Lipinski definition) is 0. The van der Waals surface area contributed by atoms with Crippen molar-refractivity contribution < 1.29 is 0 Å². The second-order valence-corrected chi connectivity index (χ2v) is 28.0. The molecule has 0 nitrogen and oxygen atoms in total. The summed E-state index contributed by atoms with van der Waals surface area (Å²) in [5.74, 6) is 0. The van der Waals surface area contributed by atoms with E-state index in [1.165, 1.54) is 50.6 Å². The Morgan fingerprint density at radius 2 is 1.18 bits per heavy atom. The summed E-state index contributed by atoms with van der Waals surface area (Å²) in [5.41, 5.74) is 7.19. The van der Waals surface area contributed by atoms with Crippen LogP contribution in [0.1, 0.15) is 55.2 Å².